The molecule has 0 aromatic heterocycles. The summed E-state index contributed by atoms with van der Waals surface area (Å²) in [6.45, 7) is 12.9. The van der Waals surface area contributed by atoms with E-state index >= 15 is 0 Å². The van der Waals surface area contributed by atoms with Gasteiger partial charge in [-0.2, -0.15) is 5.26 Å². The van der Waals surface area contributed by atoms with Crippen LogP contribution in [0.15, 0.2) is 66.7 Å². The Bertz CT molecular complexity index is 1600. The standard InChI is InChI=1S/C37H46N6O4/c1-26(2)42(36(46)47-37(4,5)6)18-19-43(33-20-30(15-12-27(33)3)29-16-13-28(21-38)14-17-29)35(45)23-39-22-34(44)40(7)41-24-31-10-8-9-11-32(31)25-41/h8-17,20,26,39H,18-19,22-25H2,1-7H3. The molecular formula is C37H46N6O4. The Labute approximate surface area is 278 Å². The number of rotatable bonds is 11. The second kappa shape index (κ2) is 15.2. The van der Waals surface area contributed by atoms with Crippen molar-refractivity contribution in [1.82, 2.24) is 20.2 Å². The highest BCUT2D eigenvalue weighted by molar-refractivity contribution is 5.96. The molecule has 248 valence electrons. The van der Waals surface area contributed by atoms with E-state index in [1.807, 2.05) is 89.0 Å². The Hall–Kier alpha value is -4.72. The number of amides is 3. The van der Waals surface area contributed by atoms with Gasteiger partial charge in [-0.15, -0.1) is 0 Å². The van der Waals surface area contributed by atoms with E-state index in [0.717, 1.165) is 16.7 Å². The summed E-state index contributed by atoms with van der Waals surface area (Å²) in [5.74, 6) is -0.380. The van der Waals surface area contributed by atoms with Crippen LogP contribution in [0.5, 0.6) is 0 Å². The number of aryl methyl sites for hydroxylation is 1. The predicted octanol–water partition coefficient (Wildman–Crippen LogP) is 5.49. The molecule has 0 spiro atoms. The lowest BCUT2D eigenvalue weighted by Gasteiger charge is -2.33. The van der Waals surface area contributed by atoms with Gasteiger partial charge < -0.3 is 14.5 Å². The maximum absolute atomic E-state index is 13.9. The number of hydrogen-bond donors (Lipinski definition) is 1. The molecule has 10 nitrogen and oxygen atoms in total. The zero-order valence-corrected chi connectivity index (χ0v) is 28.5. The first-order valence-electron chi connectivity index (χ1n) is 16.0. The Morgan fingerprint density at radius 2 is 1.51 bits per heavy atom. The number of likely N-dealkylation sites (N-methyl/N-ethyl adjacent to an activating group) is 1. The van der Waals surface area contributed by atoms with Crippen molar-refractivity contribution in [1.29, 1.82) is 5.26 Å². The van der Waals surface area contributed by atoms with Crippen molar-refractivity contribution >= 4 is 23.6 Å². The van der Waals surface area contributed by atoms with Gasteiger partial charge in [0.1, 0.15) is 5.60 Å². The van der Waals surface area contributed by atoms with E-state index < -0.39 is 11.7 Å². The molecule has 1 N–H and O–H groups in total. The molecule has 0 radical (unpaired) electrons. The number of nitrogens with one attached hydrogen (secondary N) is 1. The summed E-state index contributed by atoms with van der Waals surface area (Å²) in [7, 11) is 1.75. The third kappa shape index (κ3) is 9.18. The molecule has 4 rings (SSSR count). The van der Waals surface area contributed by atoms with Gasteiger partial charge in [-0.25, -0.2) is 9.80 Å². The van der Waals surface area contributed by atoms with Crippen molar-refractivity contribution in [3.05, 3.63) is 89.0 Å². The second-order valence-electron chi connectivity index (χ2n) is 13.1. The number of carbonyl (C=O) groups excluding carboxylic acids is 3. The molecule has 0 bridgehead atoms. The molecule has 1 heterocycles. The normalized spacial score (nSPS) is 12.7. The van der Waals surface area contributed by atoms with Crippen LogP contribution in [0.4, 0.5) is 10.5 Å². The van der Waals surface area contributed by atoms with E-state index in [9.17, 15) is 19.6 Å². The van der Waals surface area contributed by atoms with E-state index in [0.29, 0.717) is 24.3 Å². The fourth-order valence-electron chi connectivity index (χ4n) is 5.46. The number of benzene rings is 3. The van der Waals surface area contributed by atoms with Crippen LogP contribution in [0.25, 0.3) is 11.1 Å². The maximum Gasteiger partial charge on any atom is 0.410 e. The number of anilines is 1. The van der Waals surface area contributed by atoms with Gasteiger partial charge in [0.15, 0.2) is 0 Å². The van der Waals surface area contributed by atoms with E-state index in [1.54, 1.807) is 34.0 Å². The first-order valence-corrected chi connectivity index (χ1v) is 16.0. The van der Waals surface area contributed by atoms with Gasteiger partial charge in [-0.05, 0) is 87.6 Å². The number of nitriles is 1. The molecule has 0 saturated carbocycles. The van der Waals surface area contributed by atoms with Gasteiger partial charge in [-0.3, -0.25) is 19.9 Å². The lowest BCUT2D eigenvalue weighted by Crippen LogP contribution is -2.49. The third-order valence-electron chi connectivity index (χ3n) is 8.13. The van der Waals surface area contributed by atoms with Crippen LogP contribution in [0.2, 0.25) is 0 Å². The molecule has 0 saturated heterocycles. The van der Waals surface area contributed by atoms with E-state index in [1.165, 1.54) is 11.1 Å². The van der Waals surface area contributed by atoms with Crippen LogP contribution >= 0.6 is 0 Å². The Morgan fingerprint density at radius 1 is 0.915 bits per heavy atom. The number of nitrogens with zero attached hydrogens (tertiary/aromatic N) is 5. The summed E-state index contributed by atoms with van der Waals surface area (Å²) in [6.07, 6.45) is -0.446. The van der Waals surface area contributed by atoms with Crippen LogP contribution in [-0.2, 0) is 27.4 Å². The molecule has 10 heteroatoms. The lowest BCUT2D eigenvalue weighted by atomic mass is 10.0. The van der Waals surface area contributed by atoms with Crippen LogP contribution in [0.1, 0.15) is 56.9 Å². The van der Waals surface area contributed by atoms with Gasteiger partial charge in [-0.1, -0.05) is 48.5 Å². The van der Waals surface area contributed by atoms with Crippen LogP contribution in [0.3, 0.4) is 0 Å². The van der Waals surface area contributed by atoms with Gasteiger partial charge in [0.2, 0.25) is 5.91 Å². The van der Waals surface area contributed by atoms with Crippen molar-refractivity contribution in [2.24, 2.45) is 0 Å². The molecule has 0 unspecified atom stereocenters. The topological polar surface area (TPSA) is 109 Å². The average Bonchev–Trinajstić information content (AvgIpc) is 3.46. The Morgan fingerprint density at radius 3 is 2.09 bits per heavy atom. The minimum Gasteiger partial charge on any atom is -0.444 e. The molecule has 3 aromatic carbocycles. The summed E-state index contributed by atoms with van der Waals surface area (Å²) in [5.41, 5.74) is 5.68. The largest absolute Gasteiger partial charge is 0.444 e. The van der Waals surface area contributed by atoms with Crippen molar-refractivity contribution < 1.29 is 19.1 Å². The minimum atomic E-state index is -0.660. The summed E-state index contributed by atoms with van der Waals surface area (Å²) >= 11 is 0. The molecular weight excluding hydrogens is 592 g/mol. The number of fused-ring (bicyclic) bond motifs is 1. The van der Waals surface area contributed by atoms with E-state index in [2.05, 4.69) is 23.5 Å². The van der Waals surface area contributed by atoms with Gasteiger partial charge in [0.05, 0.1) is 24.7 Å². The fraction of sp³-hybridized carbons (Fsp3) is 0.405. The van der Waals surface area contributed by atoms with Crippen LogP contribution in [-0.4, -0.2) is 77.7 Å². The van der Waals surface area contributed by atoms with Crippen LogP contribution < -0.4 is 10.2 Å². The first-order chi connectivity index (χ1) is 22.3. The summed E-state index contributed by atoms with van der Waals surface area (Å²) in [5, 5.41) is 15.9. The number of carbonyl (C=O) groups is 3. The van der Waals surface area contributed by atoms with Crippen molar-refractivity contribution in [2.75, 3.05) is 38.1 Å². The quantitative estimate of drug-likeness (QED) is 0.296. The Balaban J connectivity index is 1.51. The maximum atomic E-state index is 13.9. The highest BCUT2D eigenvalue weighted by Gasteiger charge is 2.28. The third-order valence-corrected chi connectivity index (χ3v) is 8.13. The smallest absolute Gasteiger partial charge is 0.410 e. The molecule has 0 atom stereocenters. The van der Waals surface area contributed by atoms with Gasteiger partial charge >= 0.3 is 6.09 Å². The highest BCUT2D eigenvalue weighted by Crippen LogP contribution is 2.29. The molecule has 3 amide bonds. The molecule has 1 aliphatic rings. The molecule has 0 fully saturated rings. The molecule has 3 aromatic rings. The van der Waals surface area contributed by atoms with Crippen molar-refractivity contribution in [3.63, 3.8) is 0 Å². The fourth-order valence-corrected chi connectivity index (χ4v) is 5.46. The molecule has 1 aliphatic heterocycles. The zero-order chi connectivity index (χ0) is 34.3. The first kappa shape index (κ1) is 35.1. The zero-order valence-electron chi connectivity index (χ0n) is 28.5. The minimum absolute atomic E-state index is 0.0107. The summed E-state index contributed by atoms with van der Waals surface area (Å²) in [4.78, 5) is 43.4. The Kier molecular flexibility index (Phi) is 11.4. The van der Waals surface area contributed by atoms with E-state index in [-0.39, 0.29) is 44.0 Å². The average molecular weight is 639 g/mol. The number of hydrazine groups is 1. The number of hydrogen-bond acceptors (Lipinski definition) is 7. The van der Waals surface area contributed by atoms with E-state index in [4.69, 9.17) is 4.74 Å². The second-order valence-corrected chi connectivity index (χ2v) is 13.1. The van der Waals surface area contributed by atoms with Crippen molar-refractivity contribution in [3.8, 4) is 17.2 Å². The molecule has 0 aliphatic carbocycles. The van der Waals surface area contributed by atoms with Crippen LogP contribution in [0, 0.1) is 18.3 Å². The summed E-state index contributed by atoms with van der Waals surface area (Å²) < 4.78 is 5.66. The number of ether oxygens (including phenoxy) is 1. The van der Waals surface area contributed by atoms with Gasteiger partial charge in [0, 0.05) is 45.0 Å². The predicted molar refractivity (Wildman–Crippen MR) is 183 cm³/mol. The molecule has 47 heavy (non-hydrogen) atoms. The van der Waals surface area contributed by atoms with Crippen molar-refractivity contribution in [2.45, 2.75) is 66.3 Å². The highest BCUT2D eigenvalue weighted by atomic mass is 16.6. The SMILES string of the molecule is Cc1ccc(-c2ccc(C#N)cc2)cc1N(CCN(C(=O)OC(C)(C)C)C(C)C)C(=O)CNCC(=O)N(C)N1Cc2ccccc2C1. The lowest BCUT2D eigenvalue weighted by molar-refractivity contribution is -0.145. The monoisotopic (exact) mass is 638 g/mol. The summed E-state index contributed by atoms with van der Waals surface area (Å²) in [6, 6.07) is 23.3. The van der Waals surface area contributed by atoms with Gasteiger partial charge in [0.25, 0.3) is 5.91 Å².